The lowest BCUT2D eigenvalue weighted by atomic mass is 9.92. The third-order valence-electron chi connectivity index (χ3n) is 6.05. The van der Waals surface area contributed by atoms with Gasteiger partial charge >= 0.3 is 11.9 Å². The number of hydrogen-bond acceptors (Lipinski definition) is 7. The summed E-state index contributed by atoms with van der Waals surface area (Å²) in [5.74, 6) is -2.37. The zero-order valence-corrected chi connectivity index (χ0v) is 19.4. The van der Waals surface area contributed by atoms with Crippen molar-refractivity contribution in [2.45, 2.75) is 0 Å². The molecular weight excluding hydrogens is 460 g/mol. The largest absolute Gasteiger partial charge is 0.465 e. The third-order valence-corrected chi connectivity index (χ3v) is 6.05. The Morgan fingerprint density at radius 1 is 0.750 bits per heavy atom. The first kappa shape index (κ1) is 22.8. The predicted molar refractivity (Wildman–Crippen MR) is 133 cm³/mol. The van der Waals surface area contributed by atoms with Gasteiger partial charge in [0.05, 0.1) is 31.2 Å². The van der Waals surface area contributed by atoms with Gasteiger partial charge in [0.15, 0.2) is 0 Å². The van der Waals surface area contributed by atoms with Crippen LogP contribution in [-0.4, -0.2) is 38.0 Å². The second kappa shape index (κ2) is 8.99. The minimum Gasteiger partial charge on any atom is -0.465 e. The van der Waals surface area contributed by atoms with Crippen LogP contribution < -0.4 is 9.80 Å². The van der Waals surface area contributed by atoms with Gasteiger partial charge in [-0.2, -0.15) is 0 Å². The molecule has 5 rings (SSSR count). The van der Waals surface area contributed by atoms with E-state index in [0.717, 1.165) is 4.90 Å². The van der Waals surface area contributed by atoms with Gasteiger partial charge in [-0.1, -0.05) is 36.4 Å². The monoisotopic (exact) mass is 480 g/mol. The molecule has 3 aromatic rings. The number of carbonyl (C=O) groups excluding carboxylic acids is 4. The Kier molecular flexibility index (Phi) is 5.69. The molecule has 36 heavy (non-hydrogen) atoms. The Morgan fingerprint density at radius 2 is 1.44 bits per heavy atom. The van der Waals surface area contributed by atoms with E-state index < -0.39 is 23.8 Å². The van der Waals surface area contributed by atoms with Crippen molar-refractivity contribution in [3.05, 3.63) is 107 Å². The molecule has 0 fully saturated rings. The van der Waals surface area contributed by atoms with E-state index in [1.807, 2.05) is 6.07 Å². The molecule has 0 spiro atoms. The number of hydrogen-bond donors (Lipinski definition) is 0. The third kappa shape index (κ3) is 3.47. The summed E-state index contributed by atoms with van der Waals surface area (Å²) in [4.78, 5) is 55.0. The molecule has 0 saturated carbocycles. The number of amides is 2. The highest BCUT2D eigenvalue weighted by molar-refractivity contribution is 6.36. The average Bonchev–Trinajstić information content (AvgIpc) is 3.14. The highest BCUT2D eigenvalue weighted by atomic mass is 16.5. The minimum atomic E-state index is -0.755. The van der Waals surface area contributed by atoms with Crippen LogP contribution in [0.5, 0.6) is 0 Å². The van der Waals surface area contributed by atoms with Crippen LogP contribution >= 0.6 is 0 Å². The van der Waals surface area contributed by atoms with E-state index in [0.29, 0.717) is 33.3 Å². The number of ether oxygens (including phenoxy) is 2. The highest BCUT2D eigenvalue weighted by Crippen LogP contribution is 2.39. The summed E-state index contributed by atoms with van der Waals surface area (Å²) in [5, 5.41) is 1.02. The Balaban J connectivity index is 1.74. The Morgan fingerprint density at radius 3 is 2.14 bits per heavy atom. The van der Waals surface area contributed by atoms with Crippen LogP contribution in [-0.2, 0) is 19.1 Å². The molecule has 178 valence electrons. The summed E-state index contributed by atoms with van der Waals surface area (Å²) in [6, 6.07) is 17.1. The number of para-hydroxylation sites is 1. The van der Waals surface area contributed by atoms with Gasteiger partial charge in [-0.05, 0) is 42.5 Å². The van der Waals surface area contributed by atoms with Crippen LogP contribution in [0.3, 0.4) is 0 Å². The molecule has 0 radical (unpaired) electrons. The number of esters is 2. The normalized spacial score (nSPS) is 14.8. The predicted octanol–water partition coefficient (Wildman–Crippen LogP) is 4.13. The van der Waals surface area contributed by atoms with Crippen molar-refractivity contribution >= 4 is 45.9 Å². The van der Waals surface area contributed by atoms with Gasteiger partial charge in [-0.3, -0.25) is 9.59 Å². The number of methoxy groups -OCH3 is 2. The fraction of sp³-hybridized carbons (Fsp3) is 0.0714. The van der Waals surface area contributed by atoms with Crippen LogP contribution in [0.1, 0.15) is 20.7 Å². The van der Waals surface area contributed by atoms with Crippen molar-refractivity contribution in [1.82, 2.24) is 0 Å². The molecular formula is C28H20N2O6. The van der Waals surface area contributed by atoms with Crippen LogP contribution in [0.4, 0.5) is 11.4 Å². The highest BCUT2D eigenvalue weighted by Gasteiger charge is 2.36. The maximum Gasteiger partial charge on any atom is 0.355 e. The average molecular weight is 480 g/mol. The molecule has 8 nitrogen and oxygen atoms in total. The van der Waals surface area contributed by atoms with E-state index >= 15 is 0 Å². The summed E-state index contributed by atoms with van der Waals surface area (Å²) in [6.45, 7) is 0. The van der Waals surface area contributed by atoms with Crippen molar-refractivity contribution in [3.8, 4) is 0 Å². The molecule has 0 N–H and O–H groups in total. The molecule has 0 saturated heterocycles. The van der Waals surface area contributed by atoms with Crippen LogP contribution in [0.15, 0.2) is 96.4 Å². The molecule has 2 amide bonds. The second-order valence-corrected chi connectivity index (χ2v) is 7.96. The summed E-state index contributed by atoms with van der Waals surface area (Å²) >= 11 is 0. The lowest BCUT2D eigenvalue weighted by Crippen LogP contribution is -2.40. The van der Waals surface area contributed by atoms with Crippen molar-refractivity contribution < 1.29 is 28.7 Å². The summed E-state index contributed by atoms with van der Waals surface area (Å²) in [6.07, 6.45) is 6.32. The lowest BCUT2D eigenvalue weighted by Gasteiger charge is -2.30. The van der Waals surface area contributed by atoms with Crippen molar-refractivity contribution in [1.29, 1.82) is 0 Å². The molecule has 0 unspecified atom stereocenters. The summed E-state index contributed by atoms with van der Waals surface area (Å²) in [7, 11) is 2.44. The Bertz CT molecular complexity index is 1510. The standard InChI is InChI=1S/C28H20N2O6/c1-35-27(33)21-11-6-7-16-29(24(21)28(34)36-2)22-15-14-20-23-18(22)12-8-13-19(23)25(31)30(26(20)32)17-9-4-3-5-10-17/h3-16H,1-2H3. The smallest absolute Gasteiger partial charge is 0.355 e. The van der Waals surface area contributed by atoms with Crippen LogP contribution in [0, 0.1) is 0 Å². The molecule has 2 heterocycles. The topological polar surface area (TPSA) is 93.2 Å². The first-order chi connectivity index (χ1) is 17.5. The zero-order valence-electron chi connectivity index (χ0n) is 19.4. The van der Waals surface area contributed by atoms with Gasteiger partial charge in [0.1, 0.15) is 5.70 Å². The number of benzene rings is 3. The summed E-state index contributed by atoms with van der Waals surface area (Å²) in [5.41, 5.74) is 1.58. The molecule has 3 aromatic carbocycles. The molecule has 2 aliphatic rings. The van der Waals surface area contributed by atoms with E-state index in [1.54, 1.807) is 72.9 Å². The van der Waals surface area contributed by atoms with Gasteiger partial charge in [0.25, 0.3) is 11.8 Å². The summed E-state index contributed by atoms with van der Waals surface area (Å²) < 4.78 is 9.87. The Hall–Kier alpha value is -4.98. The number of nitrogens with zero attached hydrogens (tertiary/aromatic N) is 2. The fourth-order valence-corrected chi connectivity index (χ4v) is 4.45. The van der Waals surface area contributed by atoms with E-state index in [1.165, 1.54) is 25.2 Å². The minimum absolute atomic E-state index is 0.00256. The molecule has 8 heteroatoms. The molecule has 2 aliphatic heterocycles. The van der Waals surface area contributed by atoms with Crippen molar-refractivity contribution in [3.63, 3.8) is 0 Å². The van der Waals surface area contributed by atoms with Gasteiger partial charge in [0, 0.05) is 28.1 Å². The van der Waals surface area contributed by atoms with Crippen LogP contribution in [0.2, 0.25) is 0 Å². The molecule has 0 bridgehead atoms. The van der Waals surface area contributed by atoms with Crippen molar-refractivity contribution in [2.24, 2.45) is 0 Å². The van der Waals surface area contributed by atoms with E-state index in [-0.39, 0.29) is 11.3 Å². The van der Waals surface area contributed by atoms with Crippen molar-refractivity contribution in [2.75, 3.05) is 24.0 Å². The van der Waals surface area contributed by atoms with Gasteiger partial charge in [-0.15, -0.1) is 0 Å². The van der Waals surface area contributed by atoms with E-state index in [4.69, 9.17) is 9.47 Å². The number of rotatable bonds is 4. The number of imide groups is 1. The quantitative estimate of drug-likeness (QED) is 0.409. The van der Waals surface area contributed by atoms with Crippen LogP contribution in [0.25, 0.3) is 10.8 Å². The molecule has 0 aliphatic carbocycles. The van der Waals surface area contributed by atoms with Gasteiger partial charge in [-0.25, -0.2) is 14.5 Å². The first-order valence-corrected chi connectivity index (χ1v) is 11.0. The fourth-order valence-electron chi connectivity index (χ4n) is 4.45. The van der Waals surface area contributed by atoms with Gasteiger partial charge < -0.3 is 14.4 Å². The first-order valence-electron chi connectivity index (χ1n) is 11.0. The maximum atomic E-state index is 13.5. The lowest BCUT2D eigenvalue weighted by molar-refractivity contribution is -0.139. The number of allylic oxidation sites excluding steroid dienone is 2. The zero-order chi connectivity index (χ0) is 25.4. The Labute approximate surface area is 206 Å². The molecule has 0 atom stereocenters. The van der Waals surface area contributed by atoms with Gasteiger partial charge in [0.2, 0.25) is 0 Å². The number of anilines is 2. The van der Waals surface area contributed by atoms with E-state index in [9.17, 15) is 19.2 Å². The maximum absolute atomic E-state index is 13.5. The SMILES string of the molecule is COC(=O)C1=C(C(=O)OC)N(c2ccc3c4c(cccc24)C(=O)N(c2ccccc2)C3=O)C=CC=C1. The second-order valence-electron chi connectivity index (χ2n) is 7.96. The van der Waals surface area contributed by atoms with E-state index in [2.05, 4.69) is 0 Å². The molecule has 0 aromatic heterocycles. The number of carbonyl (C=O) groups is 4.